The van der Waals surface area contributed by atoms with E-state index in [1.165, 1.54) is 13.8 Å². The summed E-state index contributed by atoms with van der Waals surface area (Å²) in [4.78, 5) is -0.407. The predicted molar refractivity (Wildman–Crippen MR) is 67.5 cm³/mol. The molecule has 4 N–H and O–H groups in total. The molecule has 0 fully saturated rings. The lowest BCUT2D eigenvalue weighted by Gasteiger charge is -2.17. The van der Waals surface area contributed by atoms with Gasteiger partial charge in [0.2, 0.25) is 10.0 Å². The maximum absolute atomic E-state index is 13.3. The Balaban J connectivity index is 3.13. The standard InChI is InChI=1S/C11H14F4N2O3S/c1-5-3-7(12)9(16)6(2)10(5)21(19,20)17-4-8(18)11(13,14)15/h3,8,17-18H,4,16H2,1-2H3. The molecular formula is C11H14F4N2O3S. The molecule has 0 bridgehead atoms. The second-order valence-corrected chi connectivity index (χ2v) is 6.16. The first kappa shape index (κ1) is 17.7. The first-order chi connectivity index (χ1) is 9.38. The fraction of sp³-hybridized carbons (Fsp3) is 0.455. The van der Waals surface area contributed by atoms with Gasteiger partial charge >= 0.3 is 6.18 Å². The smallest absolute Gasteiger partial charge is 0.396 e. The van der Waals surface area contributed by atoms with Crippen LogP contribution in [-0.4, -0.2) is 32.3 Å². The second-order valence-electron chi connectivity index (χ2n) is 4.45. The number of rotatable bonds is 4. The molecule has 1 rings (SSSR count). The van der Waals surface area contributed by atoms with Crippen LogP contribution in [-0.2, 0) is 10.0 Å². The summed E-state index contributed by atoms with van der Waals surface area (Å²) >= 11 is 0. The van der Waals surface area contributed by atoms with E-state index >= 15 is 0 Å². The van der Waals surface area contributed by atoms with Crippen molar-refractivity contribution in [3.05, 3.63) is 23.0 Å². The van der Waals surface area contributed by atoms with Gasteiger partial charge in [0.1, 0.15) is 5.82 Å². The zero-order chi connectivity index (χ0) is 16.6. The van der Waals surface area contributed by atoms with Gasteiger partial charge in [0.15, 0.2) is 6.10 Å². The number of nitrogens with two attached hydrogens (primary N) is 1. The third-order valence-electron chi connectivity index (χ3n) is 2.82. The van der Waals surface area contributed by atoms with Gasteiger partial charge in [-0.2, -0.15) is 13.2 Å². The lowest BCUT2D eigenvalue weighted by atomic mass is 10.1. The quantitative estimate of drug-likeness (QED) is 0.572. The van der Waals surface area contributed by atoms with Crippen LogP contribution in [0.5, 0.6) is 0 Å². The molecule has 0 amide bonds. The number of halogens is 4. The first-order valence-electron chi connectivity index (χ1n) is 5.67. The van der Waals surface area contributed by atoms with Crippen molar-refractivity contribution in [1.82, 2.24) is 4.72 Å². The zero-order valence-corrected chi connectivity index (χ0v) is 11.9. The number of nitrogen functional groups attached to an aromatic ring is 1. The molecule has 0 aromatic heterocycles. The number of hydrogen-bond acceptors (Lipinski definition) is 4. The molecule has 1 aromatic carbocycles. The summed E-state index contributed by atoms with van der Waals surface area (Å²) in [5.74, 6) is -0.820. The maximum Gasteiger partial charge on any atom is 0.415 e. The highest BCUT2D eigenvalue weighted by Crippen LogP contribution is 2.27. The van der Waals surface area contributed by atoms with Crippen molar-refractivity contribution in [2.45, 2.75) is 31.0 Å². The molecule has 5 nitrogen and oxygen atoms in total. The Hall–Kier alpha value is -1.39. The van der Waals surface area contributed by atoms with Gasteiger partial charge in [-0.15, -0.1) is 0 Å². The molecule has 0 aliphatic heterocycles. The molecule has 0 spiro atoms. The first-order valence-corrected chi connectivity index (χ1v) is 7.16. The highest BCUT2D eigenvalue weighted by atomic mass is 32.2. The van der Waals surface area contributed by atoms with Crippen LogP contribution in [0, 0.1) is 19.7 Å². The molecule has 0 radical (unpaired) electrons. The minimum atomic E-state index is -4.95. The second kappa shape index (κ2) is 5.78. The van der Waals surface area contributed by atoms with E-state index in [4.69, 9.17) is 10.8 Å². The van der Waals surface area contributed by atoms with E-state index in [0.29, 0.717) is 0 Å². The maximum atomic E-state index is 13.3. The number of aryl methyl sites for hydroxylation is 1. The molecule has 0 saturated heterocycles. The molecule has 10 heteroatoms. The molecule has 1 aromatic rings. The highest BCUT2D eigenvalue weighted by Gasteiger charge is 2.39. The van der Waals surface area contributed by atoms with Crippen LogP contribution in [0.25, 0.3) is 0 Å². The summed E-state index contributed by atoms with van der Waals surface area (Å²) in [5.41, 5.74) is 4.86. The number of aliphatic hydroxyl groups is 1. The van der Waals surface area contributed by atoms with Crippen LogP contribution in [0.4, 0.5) is 23.2 Å². The number of nitrogens with one attached hydrogen (secondary N) is 1. The van der Waals surface area contributed by atoms with E-state index in [1.54, 1.807) is 4.72 Å². The van der Waals surface area contributed by atoms with Crippen molar-refractivity contribution >= 4 is 15.7 Å². The van der Waals surface area contributed by atoms with Gasteiger partial charge in [0.25, 0.3) is 0 Å². The van der Waals surface area contributed by atoms with Gasteiger partial charge in [0, 0.05) is 6.54 Å². The summed E-state index contributed by atoms with van der Waals surface area (Å²) in [7, 11) is -4.37. The predicted octanol–water partition coefficient (Wildman–Crippen LogP) is 1.23. The number of aliphatic hydroxyl groups excluding tert-OH is 1. The molecule has 0 saturated carbocycles. The van der Waals surface area contributed by atoms with E-state index in [9.17, 15) is 26.0 Å². The van der Waals surface area contributed by atoms with Crippen LogP contribution in [0.2, 0.25) is 0 Å². The van der Waals surface area contributed by atoms with Gasteiger partial charge in [-0.1, -0.05) is 0 Å². The number of hydrogen-bond donors (Lipinski definition) is 3. The average Bonchev–Trinajstić information content (AvgIpc) is 2.31. The lowest BCUT2D eigenvalue weighted by Crippen LogP contribution is -2.41. The Bertz CT molecular complexity index is 644. The molecule has 21 heavy (non-hydrogen) atoms. The van der Waals surface area contributed by atoms with E-state index < -0.39 is 45.2 Å². The number of alkyl halides is 3. The van der Waals surface area contributed by atoms with Crippen molar-refractivity contribution in [1.29, 1.82) is 0 Å². The van der Waals surface area contributed by atoms with Crippen LogP contribution >= 0.6 is 0 Å². The van der Waals surface area contributed by atoms with Gasteiger partial charge in [0.05, 0.1) is 10.6 Å². The molecule has 0 aliphatic rings. The normalized spacial score (nSPS) is 14.2. The van der Waals surface area contributed by atoms with Gasteiger partial charge < -0.3 is 10.8 Å². The number of anilines is 1. The lowest BCUT2D eigenvalue weighted by molar-refractivity contribution is -0.200. The van der Waals surface area contributed by atoms with Crippen LogP contribution in [0.15, 0.2) is 11.0 Å². The number of benzene rings is 1. The third kappa shape index (κ3) is 3.83. The highest BCUT2D eigenvalue weighted by molar-refractivity contribution is 7.89. The molecule has 1 unspecified atom stereocenters. The van der Waals surface area contributed by atoms with Gasteiger partial charge in [-0.05, 0) is 31.0 Å². The van der Waals surface area contributed by atoms with Gasteiger partial charge in [-0.25, -0.2) is 17.5 Å². The molecule has 1 atom stereocenters. The van der Waals surface area contributed by atoms with Crippen LogP contribution < -0.4 is 10.5 Å². The summed E-state index contributed by atoms with van der Waals surface area (Å²) < 4.78 is 75.4. The van der Waals surface area contributed by atoms with Crippen LogP contribution in [0.3, 0.4) is 0 Å². The van der Waals surface area contributed by atoms with E-state index in [0.717, 1.165) is 6.07 Å². The fourth-order valence-corrected chi connectivity index (χ4v) is 3.24. The Morgan fingerprint density at radius 1 is 1.38 bits per heavy atom. The van der Waals surface area contributed by atoms with Crippen molar-refractivity contribution < 1.29 is 31.1 Å². The third-order valence-corrected chi connectivity index (χ3v) is 4.53. The fourth-order valence-electron chi connectivity index (χ4n) is 1.72. The largest absolute Gasteiger partial charge is 0.415 e. The molecular weight excluding hydrogens is 316 g/mol. The summed E-state index contributed by atoms with van der Waals surface area (Å²) in [6.45, 7) is 1.27. The Morgan fingerprint density at radius 3 is 2.38 bits per heavy atom. The van der Waals surface area contributed by atoms with E-state index in [1.807, 2.05) is 0 Å². The van der Waals surface area contributed by atoms with Crippen molar-refractivity contribution in [3.63, 3.8) is 0 Å². The SMILES string of the molecule is Cc1cc(F)c(N)c(C)c1S(=O)(=O)NCC(O)C(F)(F)F. The van der Waals surface area contributed by atoms with Crippen molar-refractivity contribution in [2.24, 2.45) is 0 Å². The average molecular weight is 330 g/mol. The zero-order valence-electron chi connectivity index (χ0n) is 11.1. The topological polar surface area (TPSA) is 92.4 Å². The summed E-state index contributed by atoms with van der Waals surface area (Å²) in [6, 6.07) is 0.872. The molecule has 0 aliphatic carbocycles. The van der Waals surface area contributed by atoms with Crippen molar-refractivity contribution in [3.8, 4) is 0 Å². The van der Waals surface area contributed by atoms with E-state index in [-0.39, 0.29) is 11.1 Å². The van der Waals surface area contributed by atoms with Crippen LogP contribution in [0.1, 0.15) is 11.1 Å². The Labute approximate surface area is 118 Å². The minimum Gasteiger partial charge on any atom is -0.396 e. The number of sulfonamides is 1. The van der Waals surface area contributed by atoms with E-state index in [2.05, 4.69) is 0 Å². The van der Waals surface area contributed by atoms with Crippen molar-refractivity contribution in [2.75, 3.05) is 12.3 Å². The summed E-state index contributed by atoms with van der Waals surface area (Å²) in [6.07, 6.45) is -7.79. The molecule has 0 heterocycles. The monoisotopic (exact) mass is 330 g/mol. The minimum absolute atomic E-state index is 0.00630. The molecule has 120 valence electrons. The van der Waals surface area contributed by atoms with Gasteiger partial charge in [-0.3, -0.25) is 0 Å². The Kier molecular flexibility index (Phi) is 4.86. The summed E-state index contributed by atoms with van der Waals surface area (Å²) in [5, 5.41) is 8.80. The Morgan fingerprint density at radius 2 is 1.90 bits per heavy atom.